The van der Waals surface area contributed by atoms with Crippen LogP contribution in [0.2, 0.25) is 0 Å². The van der Waals surface area contributed by atoms with Crippen LogP contribution in [-0.2, 0) is 12.6 Å². The van der Waals surface area contributed by atoms with Crippen molar-refractivity contribution in [2.45, 2.75) is 12.6 Å². The molecule has 0 aromatic carbocycles. The standard InChI is InChI=1S/C14H15F3N4/c1-21(7-4-10-2-5-19-6-3-10)12-8-11(14(15,16)17)9-20-13(12)18/h2-3,5-6,8-9H,4,7H2,1H3,(H2,18,20). The Bertz CT molecular complexity index is 599. The summed E-state index contributed by atoms with van der Waals surface area (Å²) in [5.41, 5.74) is 6.20. The van der Waals surface area contributed by atoms with E-state index in [0.717, 1.165) is 17.8 Å². The molecule has 0 unspecified atom stereocenters. The first-order valence-electron chi connectivity index (χ1n) is 6.30. The van der Waals surface area contributed by atoms with Crippen LogP contribution in [0, 0.1) is 0 Å². The third-order valence-corrected chi connectivity index (χ3v) is 3.12. The van der Waals surface area contributed by atoms with Gasteiger partial charge in [-0.1, -0.05) is 0 Å². The summed E-state index contributed by atoms with van der Waals surface area (Å²) in [6.07, 6.45) is 0.344. The average Bonchev–Trinajstić information content (AvgIpc) is 2.45. The van der Waals surface area contributed by atoms with Crippen molar-refractivity contribution in [2.24, 2.45) is 0 Å². The molecule has 0 saturated heterocycles. The van der Waals surface area contributed by atoms with Gasteiger partial charge in [0.2, 0.25) is 0 Å². The second kappa shape index (κ2) is 5.99. The van der Waals surface area contributed by atoms with Gasteiger partial charge < -0.3 is 10.6 Å². The van der Waals surface area contributed by atoms with Gasteiger partial charge in [0.1, 0.15) is 5.82 Å². The molecule has 2 N–H and O–H groups in total. The lowest BCUT2D eigenvalue weighted by Gasteiger charge is -2.21. The van der Waals surface area contributed by atoms with Gasteiger partial charge in [-0.3, -0.25) is 4.98 Å². The largest absolute Gasteiger partial charge is 0.417 e. The molecule has 0 bridgehead atoms. The van der Waals surface area contributed by atoms with Crippen LogP contribution in [0.15, 0.2) is 36.8 Å². The van der Waals surface area contributed by atoms with Crippen molar-refractivity contribution >= 4 is 11.5 Å². The Morgan fingerprint density at radius 1 is 1.24 bits per heavy atom. The quantitative estimate of drug-likeness (QED) is 0.942. The third-order valence-electron chi connectivity index (χ3n) is 3.12. The number of halogens is 3. The zero-order valence-electron chi connectivity index (χ0n) is 11.4. The van der Waals surface area contributed by atoms with E-state index in [-0.39, 0.29) is 11.5 Å². The molecule has 0 aliphatic heterocycles. The summed E-state index contributed by atoms with van der Waals surface area (Å²) in [5.74, 6) is 0.0835. The van der Waals surface area contributed by atoms with Crippen molar-refractivity contribution in [1.29, 1.82) is 0 Å². The molecule has 4 nitrogen and oxygen atoms in total. The molecule has 0 saturated carbocycles. The first kappa shape index (κ1) is 15.1. The summed E-state index contributed by atoms with van der Waals surface area (Å²) < 4.78 is 38.1. The normalized spacial score (nSPS) is 11.4. The van der Waals surface area contributed by atoms with Crippen LogP contribution in [0.1, 0.15) is 11.1 Å². The maximum Gasteiger partial charge on any atom is 0.417 e. The van der Waals surface area contributed by atoms with E-state index < -0.39 is 11.7 Å². The zero-order valence-corrected chi connectivity index (χ0v) is 11.4. The first-order valence-corrected chi connectivity index (χ1v) is 6.30. The maximum absolute atomic E-state index is 12.7. The molecule has 7 heteroatoms. The van der Waals surface area contributed by atoms with Gasteiger partial charge in [0.05, 0.1) is 11.3 Å². The highest BCUT2D eigenvalue weighted by Gasteiger charge is 2.31. The van der Waals surface area contributed by atoms with Crippen LogP contribution in [0.5, 0.6) is 0 Å². The Hall–Kier alpha value is -2.31. The highest BCUT2D eigenvalue weighted by atomic mass is 19.4. The fraction of sp³-hybridized carbons (Fsp3) is 0.286. The summed E-state index contributed by atoms with van der Waals surface area (Å²) in [4.78, 5) is 9.21. The van der Waals surface area contributed by atoms with Crippen LogP contribution in [0.25, 0.3) is 0 Å². The number of hydrogen-bond acceptors (Lipinski definition) is 4. The molecular formula is C14H15F3N4. The molecule has 0 aliphatic rings. The molecule has 0 spiro atoms. The van der Waals surface area contributed by atoms with Crippen LogP contribution >= 0.6 is 0 Å². The van der Waals surface area contributed by atoms with E-state index in [1.54, 1.807) is 24.3 Å². The number of nitrogens with zero attached hydrogens (tertiary/aromatic N) is 3. The molecule has 112 valence electrons. The lowest BCUT2D eigenvalue weighted by molar-refractivity contribution is -0.137. The van der Waals surface area contributed by atoms with Crippen LogP contribution < -0.4 is 10.6 Å². The predicted octanol–water partition coefficient (Wildman–Crippen LogP) is 2.76. The maximum atomic E-state index is 12.7. The molecule has 2 aromatic heterocycles. The molecule has 2 heterocycles. The van der Waals surface area contributed by atoms with Crippen molar-refractivity contribution in [2.75, 3.05) is 24.2 Å². The molecule has 0 atom stereocenters. The number of alkyl halides is 3. The van der Waals surface area contributed by atoms with E-state index in [1.165, 1.54) is 0 Å². The van der Waals surface area contributed by atoms with Crippen molar-refractivity contribution in [1.82, 2.24) is 9.97 Å². The SMILES string of the molecule is CN(CCc1ccncc1)c1cc(C(F)(F)F)cnc1N. The van der Waals surface area contributed by atoms with Crippen LogP contribution in [0.4, 0.5) is 24.7 Å². The fourth-order valence-corrected chi connectivity index (χ4v) is 1.89. The minimum absolute atomic E-state index is 0.0835. The van der Waals surface area contributed by atoms with Crippen molar-refractivity contribution in [3.05, 3.63) is 47.9 Å². The third kappa shape index (κ3) is 3.84. The average molecular weight is 296 g/mol. The number of anilines is 2. The Labute approximate surface area is 120 Å². The second-order valence-corrected chi connectivity index (χ2v) is 4.65. The van der Waals surface area contributed by atoms with Crippen LogP contribution in [-0.4, -0.2) is 23.6 Å². The number of nitrogen functional groups attached to an aromatic ring is 1. The van der Waals surface area contributed by atoms with E-state index in [2.05, 4.69) is 9.97 Å². The van der Waals surface area contributed by atoms with Crippen LogP contribution in [0.3, 0.4) is 0 Å². The summed E-state index contributed by atoms with van der Waals surface area (Å²) in [7, 11) is 1.69. The van der Waals surface area contributed by atoms with Gasteiger partial charge in [0, 0.05) is 32.2 Å². The molecule has 21 heavy (non-hydrogen) atoms. The number of nitrogens with two attached hydrogens (primary N) is 1. The van der Waals surface area contributed by atoms with Crippen molar-refractivity contribution in [3.8, 4) is 0 Å². The number of hydrogen-bond donors (Lipinski definition) is 1. The van der Waals surface area contributed by atoms with Gasteiger partial charge in [-0.05, 0) is 30.2 Å². The second-order valence-electron chi connectivity index (χ2n) is 4.65. The zero-order chi connectivity index (χ0) is 15.5. The highest BCUT2D eigenvalue weighted by Crippen LogP contribution is 2.32. The van der Waals surface area contributed by atoms with Gasteiger partial charge >= 0.3 is 6.18 Å². The summed E-state index contributed by atoms with van der Waals surface area (Å²) in [5, 5.41) is 0. The van der Waals surface area contributed by atoms with Gasteiger partial charge in [0.15, 0.2) is 0 Å². The van der Waals surface area contributed by atoms with E-state index >= 15 is 0 Å². The molecule has 2 aromatic rings. The minimum Gasteiger partial charge on any atom is -0.382 e. The molecule has 0 radical (unpaired) electrons. The lowest BCUT2D eigenvalue weighted by Crippen LogP contribution is -2.22. The number of aromatic nitrogens is 2. The smallest absolute Gasteiger partial charge is 0.382 e. The highest BCUT2D eigenvalue weighted by molar-refractivity contribution is 5.64. The van der Waals surface area contributed by atoms with Crippen molar-refractivity contribution in [3.63, 3.8) is 0 Å². The summed E-state index contributed by atoms with van der Waals surface area (Å²) in [6, 6.07) is 4.75. The first-order chi connectivity index (χ1) is 9.88. The number of likely N-dealkylation sites (N-methyl/N-ethyl adjacent to an activating group) is 1. The number of rotatable bonds is 4. The van der Waals surface area contributed by atoms with E-state index in [9.17, 15) is 13.2 Å². The van der Waals surface area contributed by atoms with E-state index in [0.29, 0.717) is 13.0 Å². The molecule has 2 rings (SSSR count). The van der Waals surface area contributed by atoms with E-state index in [1.807, 2.05) is 12.1 Å². The lowest BCUT2D eigenvalue weighted by atomic mass is 10.2. The predicted molar refractivity (Wildman–Crippen MR) is 74.9 cm³/mol. The number of pyridine rings is 2. The molecule has 0 aliphatic carbocycles. The monoisotopic (exact) mass is 296 g/mol. The van der Waals surface area contributed by atoms with Gasteiger partial charge in [0.25, 0.3) is 0 Å². The van der Waals surface area contributed by atoms with Gasteiger partial charge in [-0.25, -0.2) is 4.98 Å². The minimum atomic E-state index is -4.43. The Morgan fingerprint density at radius 3 is 2.52 bits per heavy atom. The topological polar surface area (TPSA) is 55.0 Å². The fourth-order valence-electron chi connectivity index (χ4n) is 1.89. The van der Waals surface area contributed by atoms with Gasteiger partial charge in [-0.2, -0.15) is 13.2 Å². The van der Waals surface area contributed by atoms with E-state index in [4.69, 9.17) is 5.73 Å². The molecular weight excluding hydrogens is 281 g/mol. The summed E-state index contributed by atoms with van der Waals surface area (Å²) >= 11 is 0. The molecule has 0 fully saturated rings. The molecule has 0 amide bonds. The Balaban J connectivity index is 2.13. The Kier molecular flexibility index (Phi) is 4.30. The van der Waals surface area contributed by atoms with Gasteiger partial charge in [-0.15, -0.1) is 0 Å². The Morgan fingerprint density at radius 2 is 1.90 bits per heavy atom. The summed E-state index contributed by atoms with van der Waals surface area (Å²) in [6.45, 7) is 0.525. The van der Waals surface area contributed by atoms with Crippen molar-refractivity contribution < 1.29 is 13.2 Å².